The summed E-state index contributed by atoms with van der Waals surface area (Å²) >= 11 is 0. The summed E-state index contributed by atoms with van der Waals surface area (Å²) in [6.07, 6.45) is 0. The van der Waals surface area contributed by atoms with E-state index in [1.807, 2.05) is 13.8 Å². The van der Waals surface area contributed by atoms with E-state index in [0.717, 1.165) is 0 Å². The van der Waals surface area contributed by atoms with Crippen molar-refractivity contribution in [3.8, 4) is 0 Å². The van der Waals surface area contributed by atoms with Crippen molar-refractivity contribution in [3.63, 3.8) is 0 Å². The SMILES string of the molecule is Cc1nc(N)cc(N(CC(N)=O)C(C)C)n1. The molecule has 0 bridgehead atoms. The average molecular weight is 223 g/mol. The summed E-state index contributed by atoms with van der Waals surface area (Å²) in [7, 11) is 0. The molecule has 0 atom stereocenters. The lowest BCUT2D eigenvalue weighted by atomic mass is 10.3. The third-order valence-corrected chi connectivity index (χ3v) is 2.09. The Bertz CT molecular complexity index is 371. The van der Waals surface area contributed by atoms with Gasteiger partial charge in [-0.1, -0.05) is 0 Å². The second-order valence-corrected chi connectivity index (χ2v) is 3.89. The first kappa shape index (κ1) is 12.2. The number of carbonyl (C=O) groups excluding carboxylic acids is 1. The van der Waals surface area contributed by atoms with Crippen molar-refractivity contribution in [2.45, 2.75) is 26.8 Å². The molecule has 4 N–H and O–H groups in total. The molecular weight excluding hydrogens is 206 g/mol. The number of hydrogen-bond acceptors (Lipinski definition) is 5. The highest BCUT2D eigenvalue weighted by molar-refractivity contribution is 5.79. The van der Waals surface area contributed by atoms with Crippen LogP contribution >= 0.6 is 0 Å². The predicted octanol–water partition coefficient (Wildman–Crippen LogP) is 0.0673. The lowest BCUT2D eigenvalue weighted by Crippen LogP contribution is -2.39. The fourth-order valence-electron chi connectivity index (χ4n) is 1.42. The topological polar surface area (TPSA) is 98.1 Å². The van der Waals surface area contributed by atoms with Crippen LogP contribution in [0.3, 0.4) is 0 Å². The van der Waals surface area contributed by atoms with Crippen molar-refractivity contribution >= 4 is 17.5 Å². The summed E-state index contributed by atoms with van der Waals surface area (Å²) in [5, 5.41) is 0. The number of rotatable bonds is 4. The molecule has 1 aromatic rings. The van der Waals surface area contributed by atoms with Gasteiger partial charge in [0.25, 0.3) is 0 Å². The number of primary amides is 1. The van der Waals surface area contributed by atoms with Gasteiger partial charge >= 0.3 is 0 Å². The van der Waals surface area contributed by atoms with Crippen molar-refractivity contribution in [2.75, 3.05) is 17.2 Å². The van der Waals surface area contributed by atoms with Gasteiger partial charge in [0.2, 0.25) is 5.91 Å². The standard InChI is InChI=1S/C10H17N5O/c1-6(2)15(5-9(12)16)10-4-8(11)13-7(3)14-10/h4,6H,5H2,1-3H3,(H2,12,16)(H2,11,13,14). The van der Waals surface area contributed by atoms with Crippen LogP contribution in [0.2, 0.25) is 0 Å². The molecule has 1 rings (SSSR count). The highest BCUT2D eigenvalue weighted by Crippen LogP contribution is 2.16. The number of aromatic nitrogens is 2. The number of nitrogen functional groups attached to an aromatic ring is 1. The molecule has 0 aliphatic carbocycles. The van der Waals surface area contributed by atoms with Crippen LogP contribution in [0.5, 0.6) is 0 Å². The van der Waals surface area contributed by atoms with Crippen LogP contribution in [-0.4, -0.2) is 28.5 Å². The minimum atomic E-state index is -0.400. The lowest BCUT2D eigenvalue weighted by molar-refractivity contribution is -0.116. The molecule has 6 nitrogen and oxygen atoms in total. The van der Waals surface area contributed by atoms with Gasteiger partial charge in [0.15, 0.2) is 0 Å². The highest BCUT2D eigenvalue weighted by Gasteiger charge is 2.15. The number of amides is 1. The first-order valence-corrected chi connectivity index (χ1v) is 5.06. The van der Waals surface area contributed by atoms with Gasteiger partial charge in [-0.2, -0.15) is 0 Å². The van der Waals surface area contributed by atoms with E-state index >= 15 is 0 Å². The number of hydrogen-bond donors (Lipinski definition) is 2. The van der Waals surface area contributed by atoms with Crippen molar-refractivity contribution in [3.05, 3.63) is 11.9 Å². The van der Waals surface area contributed by atoms with Gasteiger partial charge in [-0.15, -0.1) is 0 Å². The molecule has 16 heavy (non-hydrogen) atoms. The van der Waals surface area contributed by atoms with E-state index in [2.05, 4.69) is 9.97 Å². The van der Waals surface area contributed by atoms with E-state index in [-0.39, 0.29) is 12.6 Å². The number of nitrogens with zero attached hydrogens (tertiary/aromatic N) is 3. The normalized spacial score (nSPS) is 10.5. The molecule has 0 radical (unpaired) electrons. The van der Waals surface area contributed by atoms with Gasteiger partial charge in [-0.3, -0.25) is 4.79 Å². The minimum Gasteiger partial charge on any atom is -0.384 e. The van der Waals surface area contributed by atoms with E-state index in [0.29, 0.717) is 17.5 Å². The lowest BCUT2D eigenvalue weighted by Gasteiger charge is -2.26. The van der Waals surface area contributed by atoms with Crippen LogP contribution in [-0.2, 0) is 4.79 Å². The Morgan fingerprint density at radius 3 is 2.56 bits per heavy atom. The van der Waals surface area contributed by atoms with E-state index in [1.54, 1.807) is 17.9 Å². The molecule has 6 heteroatoms. The monoisotopic (exact) mass is 223 g/mol. The van der Waals surface area contributed by atoms with Crippen LogP contribution in [0.25, 0.3) is 0 Å². The smallest absolute Gasteiger partial charge is 0.237 e. The quantitative estimate of drug-likeness (QED) is 0.752. The van der Waals surface area contributed by atoms with Crippen LogP contribution in [0.15, 0.2) is 6.07 Å². The molecule has 0 aromatic carbocycles. The van der Waals surface area contributed by atoms with E-state index < -0.39 is 5.91 Å². The van der Waals surface area contributed by atoms with Crippen LogP contribution in [0.4, 0.5) is 11.6 Å². The summed E-state index contributed by atoms with van der Waals surface area (Å²) < 4.78 is 0. The molecule has 1 aromatic heterocycles. The maximum absolute atomic E-state index is 11.0. The Morgan fingerprint density at radius 1 is 1.50 bits per heavy atom. The van der Waals surface area contributed by atoms with Crippen molar-refractivity contribution in [1.82, 2.24) is 9.97 Å². The fourth-order valence-corrected chi connectivity index (χ4v) is 1.42. The maximum atomic E-state index is 11.0. The average Bonchev–Trinajstić information content (AvgIpc) is 2.11. The Balaban J connectivity index is 3.05. The van der Waals surface area contributed by atoms with Gasteiger partial charge in [0, 0.05) is 12.1 Å². The summed E-state index contributed by atoms with van der Waals surface area (Å²) in [6.45, 7) is 5.78. The van der Waals surface area contributed by atoms with Gasteiger partial charge < -0.3 is 16.4 Å². The Morgan fingerprint density at radius 2 is 2.12 bits per heavy atom. The first-order valence-electron chi connectivity index (χ1n) is 5.06. The molecular formula is C10H17N5O. The summed E-state index contributed by atoms with van der Waals surface area (Å²) in [5.41, 5.74) is 10.8. The number of carbonyl (C=O) groups is 1. The van der Waals surface area contributed by atoms with E-state index in [9.17, 15) is 4.79 Å². The van der Waals surface area contributed by atoms with Crippen molar-refractivity contribution < 1.29 is 4.79 Å². The number of anilines is 2. The van der Waals surface area contributed by atoms with Gasteiger partial charge in [0.05, 0.1) is 6.54 Å². The Kier molecular flexibility index (Phi) is 3.65. The largest absolute Gasteiger partial charge is 0.384 e. The minimum absolute atomic E-state index is 0.112. The first-order chi connectivity index (χ1) is 7.40. The van der Waals surface area contributed by atoms with Gasteiger partial charge in [0.1, 0.15) is 17.5 Å². The second-order valence-electron chi connectivity index (χ2n) is 3.89. The molecule has 0 saturated carbocycles. The number of nitrogens with two attached hydrogens (primary N) is 2. The molecule has 0 unspecified atom stereocenters. The molecule has 0 aliphatic rings. The Labute approximate surface area is 94.7 Å². The Hall–Kier alpha value is -1.85. The zero-order chi connectivity index (χ0) is 12.3. The maximum Gasteiger partial charge on any atom is 0.237 e. The summed E-state index contributed by atoms with van der Waals surface area (Å²) in [6, 6.07) is 1.75. The molecule has 0 saturated heterocycles. The number of aryl methyl sites for hydroxylation is 1. The van der Waals surface area contributed by atoms with E-state index in [1.165, 1.54) is 0 Å². The molecule has 88 valence electrons. The molecule has 1 amide bonds. The zero-order valence-corrected chi connectivity index (χ0v) is 9.77. The molecule has 1 heterocycles. The third-order valence-electron chi connectivity index (χ3n) is 2.09. The predicted molar refractivity (Wildman–Crippen MR) is 62.9 cm³/mol. The van der Waals surface area contributed by atoms with Crippen LogP contribution in [0, 0.1) is 6.92 Å². The van der Waals surface area contributed by atoms with Crippen LogP contribution < -0.4 is 16.4 Å². The molecule has 0 fully saturated rings. The zero-order valence-electron chi connectivity index (χ0n) is 9.77. The van der Waals surface area contributed by atoms with Crippen molar-refractivity contribution in [2.24, 2.45) is 5.73 Å². The molecule has 0 aliphatic heterocycles. The second kappa shape index (κ2) is 4.78. The fraction of sp³-hybridized carbons (Fsp3) is 0.500. The highest BCUT2D eigenvalue weighted by atomic mass is 16.1. The summed E-state index contributed by atoms with van der Waals surface area (Å²) in [5.74, 6) is 1.19. The third kappa shape index (κ3) is 3.08. The van der Waals surface area contributed by atoms with Crippen molar-refractivity contribution in [1.29, 1.82) is 0 Å². The van der Waals surface area contributed by atoms with Crippen LogP contribution in [0.1, 0.15) is 19.7 Å². The summed E-state index contributed by atoms with van der Waals surface area (Å²) in [4.78, 5) is 21.0. The van der Waals surface area contributed by atoms with Gasteiger partial charge in [-0.25, -0.2) is 9.97 Å². The molecule has 0 spiro atoms. The van der Waals surface area contributed by atoms with E-state index in [4.69, 9.17) is 11.5 Å². The van der Waals surface area contributed by atoms with Gasteiger partial charge in [-0.05, 0) is 20.8 Å².